The standard InChI is InChI=1S/C12H15BrFN3/c13-9-4-10(14)12(16-6-9)17-3-1-2-8-5-15-7-11(8)17/h4,6,8,11,15H,1-3,5,7H2. The summed E-state index contributed by atoms with van der Waals surface area (Å²) >= 11 is 3.24. The van der Waals surface area contributed by atoms with Crippen LogP contribution in [0.4, 0.5) is 10.2 Å². The first-order valence-electron chi connectivity index (χ1n) is 6.04. The predicted molar refractivity (Wildman–Crippen MR) is 68.6 cm³/mol. The lowest BCUT2D eigenvalue weighted by atomic mass is 9.92. The van der Waals surface area contributed by atoms with Crippen LogP contribution in [0.15, 0.2) is 16.7 Å². The molecule has 0 spiro atoms. The Morgan fingerprint density at radius 2 is 2.35 bits per heavy atom. The minimum Gasteiger partial charge on any atom is -0.350 e. The van der Waals surface area contributed by atoms with Gasteiger partial charge in [-0.15, -0.1) is 0 Å². The van der Waals surface area contributed by atoms with Crippen LogP contribution < -0.4 is 10.2 Å². The molecule has 17 heavy (non-hydrogen) atoms. The van der Waals surface area contributed by atoms with Crippen LogP contribution >= 0.6 is 15.9 Å². The molecule has 92 valence electrons. The zero-order chi connectivity index (χ0) is 11.8. The van der Waals surface area contributed by atoms with E-state index >= 15 is 0 Å². The minimum absolute atomic E-state index is 0.230. The molecule has 3 heterocycles. The van der Waals surface area contributed by atoms with Crippen molar-refractivity contribution in [3.05, 3.63) is 22.6 Å². The van der Waals surface area contributed by atoms with Crippen molar-refractivity contribution in [2.24, 2.45) is 5.92 Å². The maximum Gasteiger partial charge on any atom is 0.166 e. The van der Waals surface area contributed by atoms with Crippen LogP contribution in [0.2, 0.25) is 0 Å². The first-order valence-corrected chi connectivity index (χ1v) is 6.83. The molecule has 2 aliphatic heterocycles. The summed E-state index contributed by atoms with van der Waals surface area (Å²) in [7, 11) is 0. The molecule has 2 unspecified atom stereocenters. The SMILES string of the molecule is Fc1cc(Br)cnc1N1CCCC2CNCC21. The Hall–Kier alpha value is -0.680. The number of anilines is 1. The molecule has 2 atom stereocenters. The van der Waals surface area contributed by atoms with Crippen LogP contribution in [0.3, 0.4) is 0 Å². The van der Waals surface area contributed by atoms with Crippen LogP contribution in [0.25, 0.3) is 0 Å². The lowest BCUT2D eigenvalue weighted by Crippen LogP contribution is -2.46. The number of hydrogen-bond donors (Lipinski definition) is 1. The maximum absolute atomic E-state index is 13.9. The molecule has 2 saturated heterocycles. The Morgan fingerprint density at radius 3 is 3.18 bits per heavy atom. The topological polar surface area (TPSA) is 28.2 Å². The van der Waals surface area contributed by atoms with Gasteiger partial charge in [0.1, 0.15) is 0 Å². The highest BCUT2D eigenvalue weighted by molar-refractivity contribution is 9.10. The van der Waals surface area contributed by atoms with Crippen molar-refractivity contribution in [2.45, 2.75) is 18.9 Å². The summed E-state index contributed by atoms with van der Waals surface area (Å²) in [6, 6.07) is 1.90. The molecule has 0 radical (unpaired) electrons. The number of rotatable bonds is 1. The Bertz CT molecular complexity index is 426. The number of hydrogen-bond acceptors (Lipinski definition) is 3. The summed E-state index contributed by atoms with van der Waals surface area (Å²) in [4.78, 5) is 6.37. The second-order valence-electron chi connectivity index (χ2n) is 4.78. The number of nitrogens with one attached hydrogen (secondary N) is 1. The first-order chi connectivity index (χ1) is 8.25. The van der Waals surface area contributed by atoms with Gasteiger partial charge in [-0.1, -0.05) is 0 Å². The minimum atomic E-state index is -0.230. The van der Waals surface area contributed by atoms with Gasteiger partial charge in [-0.25, -0.2) is 9.37 Å². The number of piperidine rings is 1. The number of aromatic nitrogens is 1. The Labute approximate surface area is 109 Å². The molecule has 0 aromatic carbocycles. The van der Waals surface area contributed by atoms with E-state index in [0.29, 0.717) is 22.3 Å². The maximum atomic E-state index is 13.9. The van der Waals surface area contributed by atoms with Gasteiger partial charge in [0.2, 0.25) is 0 Å². The quantitative estimate of drug-likeness (QED) is 0.861. The van der Waals surface area contributed by atoms with Crippen molar-refractivity contribution in [1.82, 2.24) is 10.3 Å². The second kappa shape index (κ2) is 4.53. The fourth-order valence-corrected chi connectivity index (χ4v) is 3.25. The summed E-state index contributed by atoms with van der Waals surface area (Å²) < 4.78 is 14.6. The van der Waals surface area contributed by atoms with Gasteiger partial charge in [-0.2, -0.15) is 0 Å². The normalized spacial score (nSPS) is 28.2. The third-order valence-electron chi connectivity index (χ3n) is 3.74. The highest BCUT2D eigenvalue weighted by atomic mass is 79.9. The monoisotopic (exact) mass is 299 g/mol. The molecule has 0 saturated carbocycles. The van der Waals surface area contributed by atoms with Crippen LogP contribution in [0, 0.1) is 11.7 Å². The molecule has 1 N–H and O–H groups in total. The van der Waals surface area contributed by atoms with Crippen LogP contribution in [-0.2, 0) is 0 Å². The van der Waals surface area contributed by atoms with Gasteiger partial charge in [0.25, 0.3) is 0 Å². The van der Waals surface area contributed by atoms with Crippen molar-refractivity contribution >= 4 is 21.7 Å². The Kier molecular flexibility index (Phi) is 3.04. The summed E-state index contributed by atoms with van der Waals surface area (Å²) in [5, 5.41) is 3.39. The van der Waals surface area contributed by atoms with Gasteiger partial charge in [-0.05, 0) is 40.8 Å². The first kappa shape index (κ1) is 11.4. The zero-order valence-electron chi connectivity index (χ0n) is 9.50. The van der Waals surface area contributed by atoms with Gasteiger partial charge >= 0.3 is 0 Å². The molecule has 0 amide bonds. The van der Waals surface area contributed by atoms with Crippen LogP contribution in [0.5, 0.6) is 0 Å². The largest absolute Gasteiger partial charge is 0.350 e. The molecular formula is C12H15BrFN3. The number of halogens is 2. The molecule has 2 fully saturated rings. The smallest absolute Gasteiger partial charge is 0.166 e. The summed E-state index contributed by atoms with van der Waals surface area (Å²) in [5.41, 5.74) is 0. The van der Waals surface area contributed by atoms with Gasteiger partial charge in [0.05, 0.1) is 0 Å². The van der Waals surface area contributed by atoms with Gasteiger partial charge < -0.3 is 10.2 Å². The van der Waals surface area contributed by atoms with Crippen LogP contribution in [0.1, 0.15) is 12.8 Å². The van der Waals surface area contributed by atoms with Crippen LogP contribution in [-0.4, -0.2) is 30.7 Å². The van der Waals surface area contributed by atoms with E-state index in [-0.39, 0.29) is 5.82 Å². The fourth-order valence-electron chi connectivity index (χ4n) is 2.95. The third-order valence-corrected chi connectivity index (χ3v) is 4.17. The van der Waals surface area contributed by atoms with Crippen molar-refractivity contribution < 1.29 is 4.39 Å². The lowest BCUT2D eigenvalue weighted by Gasteiger charge is -2.38. The van der Waals surface area contributed by atoms with Gasteiger partial charge in [-0.3, -0.25) is 0 Å². The highest BCUT2D eigenvalue weighted by Crippen LogP contribution is 2.31. The second-order valence-corrected chi connectivity index (χ2v) is 5.70. The molecule has 2 aliphatic rings. The number of fused-ring (bicyclic) bond motifs is 1. The average Bonchev–Trinajstić information content (AvgIpc) is 2.77. The van der Waals surface area contributed by atoms with Crippen molar-refractivity contribution in [1.29, 1.82) is 0 Å². The van der Waals surface area contributed by atoms with Crippen molar-refractivity contribution in [3.63, 3.8) is 0 Å². The van der Waals surface area contributed by atoms with Crippen molar-refractivity contribution in [2.75, 3.05) is 24.5 Å². The molecular weight excluding hydrogens is 285 g/mol. The zero-order valence-corrected chi connectivity index (χ0v) is 11.1. The Morgan fingerprint density at radius 1 is 1.47 bits per heavy atom. The summed E-state index contributed by atoms with van der Waals surface area (Å²) in [5.74, 6) is 0.923. The third kappa shape index (κ3) is 2.06. The van der Waals surface area contributed by atoms with E-state index in [1.165, 1.54) is 12.5 Å². The van der Waals surface area contributed by atoms with E-state index in [4.69, 9.17) is 0 Å². The van der Waals surface area contributed by atoms with Gasteiger partial charge in [0, 0.05) is 36.3 Å². The average molecular weight is 300 g/mol. The highest BCUT2D eigenvalue weighted by Gasteiger charge is 2.36. The fraction of sp³-hybridized carbons (Fsp3) is 0.583. The molecule has 0 bridgehead atoms. The summed E-state index contributed by atoms with van der Waals surface area (Å²) in [6.07, 6.45) is 4.04. The summed E-state index contributed by atoms with van der Waals surface area (Å²) in [6.45, 7) is 2.91. The van der Waals surface area contributed by atoms with E-state index in [0.717, 1.165) is 26.1 Å². The van der Waals surface area contributed by atoms with Crippen molar-refractivity contribution in [3.8, 4) is 0 Å². The van der Waals surface area contributed by atoms with E-state index in [1.807, 2.05) is 0 Å². The number of pyridine rings is 1. The molecule has 1 aromatic heterocycles. The van der Waals surface area contributed by atoms with E-state index in [9.17, 15) is 4.39 Å². The predicted octanol–water partition coefficient (Wildman–Crippen LogP) is 2.17. The van der Waals surface area contributed by atoms with E-state index in [1.54, 1.807) is 6.20 Å². The molecule has 5 heteroatoms. The van der Waals surface area contributed by atoms with E-state index in [2.05, 4.69) is 31.1 Å². The molecule has 3 rings (SSSR count). The van der Waals surface area contributed by atoms with Gasteiger partial charge in [0.15, 0.2) is 11.6 Å². The Balaban J connectivity index is 1.91. The molecule has 1 aromatic rings. The lowest BCUT2D eigenvalue weighted by molar-refractivity contribution is 0.379. The number of nitrogens with zero attached hydrogens (tertiary/aromatic N) is 2. The molecule has 3 nitrogen and oxygen atoms in total. The van der Waals surface area contributed by atoms with E-state index < -0.39 is 0 Å². The molecule has 0 aliphatic carbocycles.